The summed E-state index contributed by atoms with van der Waals surface area (Å²) in [4.78, 5) is 11.8. The predicted molar refractivity (Wildman–Crippen MR) is 67.7 cm³/mol. The molecule has 1 fully saturated rings. The van der Waals surface area contributed by atoms with Gasteiger partial charge in [0.1, 0.15) is 6.10 Å². The summed E-state index contributed by atoms with van der Waals surface area (Å²) in [6, 6.07) is 4.89. The molecule has 2 rings (SSSR count). The monoisotopic (exact) mass is 274 g/mol. The minimum absolute atomic E-state index is 0.199. The minimum Gasteiger partial charge on any atom is -0.366 e. The third-order valence-electron chi connectivity index (χ3n) is 2.35. The Balaban J connectivity index is 2.01. The second-order valence-corrected chi connectivity index (χ2v) is 4.58. The first kappa shape index (κ1) is 12.6. The number of nitrogens with one attached hydrogen (secondary N) is 2. The van der Waals surface area contributed by atoms with Crippen LogP contribution in [-0.2, 0) is 9.53 Å². The summed E-state index contributed by atoms with van der Waals surface area (Å²) in [5.74, 6) is -0.199. The molecule has 1 unspecified atom stereocenters. The quantitative estimate of drug-likeness (QED) is 0.867. The van der Waals surface area contributed by atoms with Crippen LogP contribution in [0.2, 0.25) is 10.0 Å². The van der Waals surface area contributed by atoms with Crippen LogP contribution in [0.15, 0.2) is 18.2 Å². The van der Waals surface area contributed by atoms with Crippen molar-refractivity contribution in [1.82, 2.24) is 5.32 Å². The smallest absolute Gasteiger partial charge is 0.254 e. The molecule has 1 aliphatic rings. The fourth-order valence-electron chi connectivity index (χ4n) is 1.58. The lowest BCUT2D eigenvalue weighted by atomic mass is 10.2. The van der Waals surface area contributed by atoms with Crippen molar-refractivity contribution in [2.24, 2.45) is 0 Å². The van der Waals surface area contributed by atoms with Crippen molar-refractivity contribution in [2.75, 3.05) is 25.0 Å². The first-order chi connectivity index (χ1) is 8.15. The number of amides is 1. The molecule has 0 bridgehead atoms. The molecule has 1 saturated heterocycles. The molecule has 0 aromatic heterocycles. The molecule has 2 N–H and O–H groups in total. The molecular formula is C11H12Cl2N2O2. The third-order valence-corrected chi connectivity index (χ3v) is 2.79. The zero-order chi connectivity index (χ0) is 12.3. The van der Waals surface area contributed by atoms with Crippen molar-refractivity contribution in [3.8, 4) is 0 Å². The maximum absolute atomic E-state index is 11.8. The lowest BCUT2D eigenvalue weighted by Gasteiger charge is -2.22. The van der Waals surface area contributed by atoms with E-state index in [1.165, 1.54) is 0 Å². The fraction of sp³-hybridized carbons (Fsp3) is 0.364. The number of morpholine rings is 1. The van der Waals surface area contributed by atoms with E-state index >= 15 is 0 Å². The predicted octanol–water partition coefficient (Wildman–Crippen LogP) is 1.92. The summed E-state index contributed by atoms with van der Waals surface area (Å²) in [6.07, 6.45) is -0.471. The zero-order valence-corrected chi connectivity index (χ0v) is 10.5. The molecule has 1 amide bonds. The number of benzene rings is 1. The van der Waals surface area contributed by atoms with Crippen molar-refractivity contribution < 1.29 is 9.53 Å². The average molecular weight is 275 g/mol. The van der Waals surface area contributed by atoms with Gasteiger partial charge in [-0.15, -0.1) is 0 Å². The van der Waals surface area contributed by atoms with E-state index in [0.29, 0.717) is 28.9 Å². The Kier molecular flexibility index (Phi) is 4.23. The van der Waals surface area contributed by atoms with E-state index in [1.807, 2.05) is 0 Å². The summed E-state index contributed by atoms with van der Waals surface area (Å²) >= 11 is 11.7. The Morgan fingerprint density at radius 2 is 2.06 bits per heavy atom. The van der Waals surface area contributed by atoms with Crippen LogP contribution >= 0.6 is 23.2 Å². The Morgan fingerprint density at radius 1 is 1.35 bits per heavy atom. The molecule has 0 aliphatic carbocycles. The van der Waals surface area contributed by atoms with E-state index < -0.39 is 6.10 Å². The summed E-state index contributed by atoms with van der Waals surface area (Å²) in [5.41, 5.74) is 0.571. The highest BCUT2D eigenvalue weighted by molar-refractivity contribution is 6.35. The number of carbonyl (C=O) groups excluding carboxylic acids is 1. The van der Waals surface area contributed by atoms with Gasteiger partial charge < -0.3 is 15.4 Å². The van der Waals surface area contributed by atoms with Gasteiger partial charge in [0.25, 0.3) is 5.91 Å². The number of halogens is 2. The third kappa shape index (κ3) is 3.57. The first-order valence-corrected chi connectivity index (χ1v) is 6.00. The summed E-state index contributed by atoms with van der Waals surface area (Å²) in [5, 5.41) is 6.77. The summed E-state index contributed by atoms with van der Waals surface area (Å²) in [7, 11) is 0. The van der Waals surface area contributed by atoms with Crippen LogP contribution in [-0.4, -0.2) is 31.7 Å². The van der Waals surface area contributed by atoms with Crippen LogP contribution < -0.4 is 10.6 Å². The van der Waals surface area contributed by atoms with Crippen LogP contribution in [0.4, 0.5) is 5.69 Å². The molecule has 6 heteroatoms. The van der Waals surface area contributed by atoms with Crippen LogP contribution in [0.5, 0.6) is 0 Å². The zero-order valence-electron chi connectivity index (χ0n) is 9.00. The van der Waals surface area contributed by atoms with Crippen molar-refractivity contribution in [1.29, 1.82) is 0 Å². The number of anilines is 1. The lowest BCUT2D eigenvalue weighted by molar-refractivity contribution is -0.128. The van der Waals surface area contributed by atoms with E-state index in [2.05, 4.69) is 10.6 Å². The molecule has 92 valence electrons. The summed E-state index contributed by atoms with van der Waals surface area (Å²) in [6.45, 7) is 1.82. The molecule has 0 radical (unpaired) electrons. The fourth-order valence-corrected chi connectivity index (χ4v) is 2.11. The maximum atomic E-state index is 11.8. The van der Waals surface area contributed by atoms with Gasteiger partial charge >= 0.3 is 0 Å². The van der Waals surface area contributed by atoms with Crippen molar-refractivity contribution in [2.45, 2.75) is 6.10 Å². The van der Waals surface area contributed by atoms with E-state index in [9.17, 15) is 4.79 Å². The second-order valence-electron chi connectivity index (χ2n) is 3.71. The number of hydrogen-bond acceptors (Lipinski definition) is 3. The molecule has 0 spiro atoms. The number of rotatable bonds is 2. The molecular weight excluding hydrogens is 263 g/mol. The van der Waals surface area contributed by atoms with Gasteiger partial charge in [-0.25, -0.2) is 0 Å². The molecule has 1 heterocycles. The van der Waals surface area contributed by atoms with Gasteiger partial charge in [0, 0.05) is 28.8 Å². The minimum atomic E-state index is -0.471. The first-order valence-electron chi connectivity index (χ1n) is 5.24. The van der Waals surface area contributed by atoms with E-state index in [4.69, 9.17) is 27.9 Å². The van der Waals surface area contributed by atoms with E-state index in [1.54, 1.807) is 18.2 Å². The highest BCUT2D eigenvalue weighted by Crippen LogP contribution is 2.22. The Bertz CT molecular complexity index is 400. The van der Waals surface area contributed by atoms with Gasteiger partial charge in [-0.05, 0) is 18.2 Å². The van der Waals surface area contributed by atoms with Gasteiger partial charge in [-0.1, -0.05) is 23.2 Å². The number of carbonyl (C=O) groups is 1. The van der Waals surface area contributed by atoms with Crippen molar-refractivity contribution in [3.05, 3.63) is 28.2 Å². The van der Waals surface area contributed by atoms with Crippen molar-refractivity contribution >= 4 is 34.8 Å². The van der Waals surface area contributed by atoms with E-state index in [-0.39, 0.29) is 5.91 Å². The SMILES string of the molecule is O=C(Nc1cc(Cl)cc(Cl)c1)C1CNCCO1. The molecule has 4 nitrogen and oxygen atoms in total. The highest BCUT2D eigenvalue weighted by Gasteiger charge is 2.21. The average Bonchev–Trinajstić information content (AvgIpc) is 2.28. The Hall–Kier alpha value is -0.810. The molecule has 1 aromatic rings. The van der Waals surface area contributed by atoms with Gasteiger partial charge in [-0.3, -0.25) is 4.79 Å². The van der Waals surface area contributed by atoms with Crippen LogP contribution in [0.1, 0.15) is 0 Å². The van der Waals surface area contributed by atoms with Gasteiger partial charge in [0.2, 0.25) is 0 Å². The van der Waals surface area contributed by atoms with E-state index in [0.717, 1.165) is 6.54 Å². The largest absolute Gasteiger partial charge is 0.366 e. The molecule has 1 aliphatic heterocycles. The van der Waals surface area contributed by atoms with Crippen molar-refractivity contribution in [3.63, 3.8) is 0 Å². The van der Waals surface area contributed by atoms with Gasteiger partial charge in [-0.2, -0.15) is 0 Å². The number of ether oxygens (including phenoxy) is 1. The molecule has 1 atom stereocenters. The standard InChI is InChI=1S/C11H12Cl2N2O2/c12-7-3-8(13)5-9(4-7)15-11(16)10-6-14-1-2-17-10/h3-5,10,14H,1-2,6H2,(H,15,16). The summed E-state index contributed by atoms with van der Waals surface area (Å²) < 4.78 is 5.33. The molecule has 17 heavy (non-hydrogen) atoms. The molecule has 0 saturated carbocycles. The molecule has 1 aromatic carbocycles. The van der Waals surface area contributed by atoms with Crippen LogP contribution in [0, 0.1) is 0 Å². The van der Waals surface area contributed by atoms with Gasteiger partial charge in [0.15, 0.2) is 0 Å². The van der Waals surface area contributed by atoms with Gasteiger partial charge in [0.05, 0.1) is 6.61 Å². The Labute approximate surface area is 109 Å². The lowest BCUT2D eigenvalue weighted by Crippen LogP contribution is -2.45. The maximum Gasteiger partial charge on any atom is 0.254 e. The Morgan fingerprint density at radius 3 is 2.65 bits per heavy atom. The topological polar surface area (TPSA) is 50.4 Å². The van der Waals surface area contributed by atoms with Crippen LogP contribution in [0.3, 0.4) is 0 Å². The number of hydrogen-bond donors (Lipinski definition) is 2. The highest BCUT2D eigenvalue weighted by atomic mass is 35.5. The van der Waals surface area contributed by atoms with Crippen LogP contribution in [0.25, 0.3) is 0 Å². The normalized spacial score (nSPS) is 20.0. The second kappa shape index (κ2) is 5.69.